The summed E-state index contributed by atoms with van der Waals surface area (Å²) >= 11 is 6.40. The number of hydrogen-bond acceptors (Lipinski definition) is 4. The van der Waals surface area contributed by atoms with Crippen molar-refractivity contribution in [2.45, 2.75) is 0 Å². The molecule has 3 N–H and O–H groups in total. The van der Waals surface area contributed by atoms with Crippen LogP contribution in [0.25, 0.3) is 0 Å². The first-order valence-electron chi connectivity index (χ1n) is 4.53. The van der Waals surface area contributed by atoms with Gasteiger partial charge in [0, 0.05) is 16.2 Å². The normalized spacial score (nSPS) is 10.2. The fraction of sp³-hybridized carbons (Fsp3) is 0. The van der Waals surface area contributed by atoms with Crippen molar-refractivity contribution >= 4 is 37.5 Å². The lowest BCUT2D eigenvalue weighted by molar-refractivity contribution is 0.457. The van der Waals surface area contributed by atoms with Crippen molar-refractivity contribution in [3.05, 3.63) is 43.8 Å². The van der Waals surface area contributed by atoms with Crippen molar-refractivity contribution in [2.24, 2.45) is 0 Å². The van der Waals surface area contributed by atoms with Crippen LogP contribution in [0.5, 0.6) is 11.6 Å². The summed E-state index contributed by atoms with van der Waals surface area (Å²) in [5, 5.41) is 0. The molecule has 1 aromatic heterocycles. The molecule has 0 fully saturated rings. The fourth-order valence-electron chi connectivity index (χ4n) is 1.19. The second kappa shape index (κ2) is 4.89. The van der Waals surface area contributed by atoms with E-state index in [4.69, 9.17) is 10.5 Å². The summed E-state index contributed by atoms with van der Waals surface area (Å²) in [7, 11) is 0. The summed E-state index contributed by atoms with van der Waals surface area (Å²) in [5.74, 6) is 0.682. The molecule has 0 atom stereocenters. The fourth-order valence-corrected chi connectivity index (χ4v) is 1.98. The summed E-state index contributed by atoms with van der Waals surface area (Å²) in [5.41, 5.74) is 5.91. The van der Waals surface area contributed by atoms with Gasteiger partial charge in [-0.1, -0.05) is 15.9 Å². The Balaban J connectivity index is 2.38. The van der Waals surface area contributed by atoms with Crippen LogP contribution in [0.15, 0.2) is 38.3 Å². The van der Waals surface area contributed by atoms with Gasteiger partial charge < -0.3 is 15.5 Å². The Morgan fingerprint density at radius 1 is 1.29 bits per heavy atom. The third-order valence-corrected chi connectivity index (χ3v) is 3.03. The Kier molecular flexibility index (Phi) is 3.49. The number of ether oxygens (including phenoxy) is 1. The third kappa shape index (κ3) is 2.86. The second-order valence-corrected chi connectivity index (χ2v) is 4.88. The van der Waals surface area contributed by atoms with Crippen LogP contribution in [0.1, 0.15) is 0 Å². The molecule has 0 saturated heterocycles. The molecule has 0 spiro atoms. The largest absolute Gasteiger partial charge is 0.437 e. The van der Waals surface area contributed by atoms with Gasteiger partial charge in [0.2, 0.25) is 5.88 Å². The van der Waals surface area contributed by atoms with E-state index in [2.05, 4.69) is 41.8 Å². The zero-order valence-corrected chi connectivity index (χ0v) is 11.6. The predicted molar refractivity (Wildman–Crippen MR) is 71.2 cm³/mol. The molecular weight excluding hydrogens is 354 g/mol. The predicted octanol–water partition coefficient (Wildman–Crippen LogP) is 2.67. The van der Waals surface area contributed by atoms with Gasteiger partial charge in [0.05, 0.1) is 6.33 Å². The minimum absolute atomic E-state index is 0.186. The molecule has 17 heavy (non-hydrogen) atoms. The summed E-state index contributed by atoms with van der Waals surface area (Å²) in [6.07, 6.45) is 1.27. The van der Waals surface area contributed by atoms with E-state index in [0.717, 1.165) is 4.47 Å². The maximum atomic E-state index is 11.3. The Morgan fingerprint density at radius 2 is 2.06 bits per heavy atom. The van der Waals surface area contributed by atoms with Crippen molar-refractivity contribution in [3.8, 4) is 11.6 Å². The van der Waals surface area contributed by atoms with Crippen LogP contribution in [0.2, 0.25) is 0 Å². The van der Waals surface area contributed by atoms with Crippen molar-refractivity contribution < 1.29 is 4.74 Å². The lowest BCUT2D eigenvalue weighted by Gasteiger charge is -2.06. The molecule has 88 valence electrons. The maximum Gasteiger partial charge on any atom is 0.268 e. The van der Waals surface area contributed by atoms with Crippen LogP contribution in [0, 0.1) is 0 Å². The van der Waals surface area contributed by atoms with Crippen LogP contribution in [-0.4, -0.2) is 9.97 Å². The van der Waals surface area contributed by atoms with Crippen LogP contribution in [0.3, 0.4) is 0 Å². The highest BCUT2D eigenvalue weighted by Gasteiger charge is 2.08. The molecule has 0 amide bonds. The quantitative estimate of drug-likeness (QED) is 0.807. The first-order valence-corrected chi connectivity index (χ1v) is 6.12. The average molecular weight is 361 g/mol. The number of rotatable bonds is 2. The molecule has 2 rings (SSSR count). The molecule has 0 radical (unpaired) electrons. The van der Waals surface area contributed by atoms with Crippen molar-refractivity contribution in [1.82, 2.24) is 9.97 Å². The number of hydrogen-bond donors (Lipinski definition) is 2. The molecule has 0 aliphatic rings. The smallest absolute Gasteiger partial charge is 0.268 e. The number of H-pyrrole nitrogens is 1. The first kappa shape index (κ1) is 12.1. The molecule has 0 unspecified atom stereocenters. The molecular formula is C10H7Br2N3O2. The van der Waals surface area contributed by atoms with E-state index in [1.165, 1.54) is 6.33 Å². The molecule has 2 aromatic rings. The number of nitrogens with one attached hydrogen (secondary N) is 1. The number of benzene rings is 1. The zero-order valence-electron chi connectivity index (χ0n) is 8.41. The van der Waals surface area contributed by atoms with Gasteiger partial charge in [-0.05, 0) is 28.1 Å². The minimum Gasteiger partial charge on any atom is -0.437 e. The molecule has 0 aliphatic carbocycles. The van der Waals surface area contributed by atoms with E-state index < -0.39 is 0 Å². The van der Waals surface area contributed by atoms with Crippen LogP contribution >= 0.6 is 31.9 Å². The van der Waals surface area contributed by atoms with E-state index in [1.807, 2.05) is 0 Å². The Labute approximate surface area is 113 Å². The monoisotopic (exact) mass is 359 g/mol. The van der Waals surface area contributed by atoms with Gasteiger partial charge >= 0.3 is 0 Å². The Hall–Kier alpha value is -1.34. The lowest BCUT2D eigenvalue weighted by atomic mass is 10.3. The molecule has 1 aromatic carbocycles. The molecule has 5 nitrogen and oxygen atoms in total. The van der Waals surface area contributed by atoms with Crippen molar-refractivity contribution in [2.75, 3.05) is 5.73 Å². The zero-order chi connectivity index (χ0) is 12.4. The van der Waals surface area contributed by atoms with Crippen molar-refractivity contribution in [3.63, 3.8) is 0 Å². The highest BCUT2D eigenvalue weighted by Crippen LogP contribution is 2.28. The summed E-state index contributed by atoms with van der Waals surface area (Å²) in [6.45, 7) is 0. The highest BCUT2D eigenvalue weighted by atomic mass is 79.9. The number of aromatic amines is 1. The lowest BCUT2D eigenvalue weighted by Crippen LogP contribution is -2.08. The standard InChI is InChI=1S/C10H7Br2N3O2/c11-5-1-6(13)3-7(2-5)17-10-8(12)9(16)14-4-15-10/h1-4H,13H2,(H,14,15,16). The first-order chi connectivity index (χ1) is 8.06. The number of nitrogens with two attached hydrogens (primary N) is 1. The highest BCUT2D eigenvalue weighted by molar-refractivity contribution is 9.10. The third-order valence-electron chi connectivity index (χ3n) is 1.87. The topological polar surface area (TPSA) is 81.0 Å². The van der Waals surface area contributed by atoms with Gasteiger partial charge in [-0.15, -0.1) is 0 Å². The summed E-state index contributed by atoms with van der Waals surface area (Å²) in [4.78, 5) is 17.6. The van der Waals surface area contributed by atoms with Gasteiger partial charge in [-0.25, -0.2) is 4.98 Å². The maximum absolute atomic E-state index is 11.3. The molecule has 0 bridgehead atoms. The Bertz CT molecular complexity index is 592. The van der Waals surface area contributed by atoms with E-state index >= 15 is 0 Å². The van der Waals surface area contributed by atoms with Gasteiger partial charge in [-0.2, -0.15) is 0 Å². The Morgan fingerprint density at radius 3 is 2.76 bits per heavy atom. The molecule has 0 saturated carbocycles. The average Bonchev–Trinajstić information content (AvgIpc) is 2.23. The number of halogens is 2. The number of anilines is 1. The number of aromatic nitrogens is 2. The van der Waals surface area contributed by atoms with E-state index in [-0.39, 0.29) is 15.9 Å². The van der Waals surface area contributed by atoms with E-state index in [1.54, 1.807) is 18.2 Å². The van der Waals surface area contributed by atoms with E-state index in [9.17, 15) is 4.79 Å². The molecule has 7 heteroatoms. The number of nitrogens with zero attached hydrogens (tertiary/aromatic N) is 1. The molecule has 0 aliphatic heterocycles. The second-order valence-electron chi connectivity index (χ2n) is 3.17. The molecule has 1 heterocycles. The van der Waals surface area contributed by atoms with Gasteiger partial charge in [0.25, 0.3) is 5.56 Å². The van der Waals surface area contributed by atoms with E-state index in [0.29, 0.717) is 11.4 Å². The SMILES string of the molecule is Nc1cc(Br)cc(Oc2nc[nH]c(=O)c2Br)c1. The van der Waals surface area contributed by atoms with Gasteiger partial charge in [0.1, 0.15) is 10.2 Å². The summed E-state index contributed by atoms with van der Waals surface area (Å²) in [6, 6.07) is 5.11. The van der Waals surface area contributed by atoms with Gasteiger partial charge in [0.15, 0.2) is 0 Å². The van der Waals surface area contributed by atoms with Crippen LogP contribution < -0.4 is 16.0 Å². The summed E-state index contributed by atoms with van der Waals surface area (Å²) < 4.78 is 6.48. The van der Waals surface area contributed by atoms with Gasteiger partial charge in [-0.3, -0.25) is 4.79 Å². The minimum atomic E-state index is -0.307. The van der Waals surface area contributed by atoms with Crippen LogP contribution in [0.4, 0.5) is 5.69 Å². The van der Waals surface area contributed by atoms with Crippen molar-refractivity contribution in [1.29, 1.82) is 0 Å². The number of nitrogen functional groups attached to an aromatic ring is 1. The van der Waals surface area contributed by atoms with Crippen LogP contribution in [-0.2, 0) is 0 Å².